The third kappa shape index (κ3) is 3.54. The van der Waals surface area contributed by atoms with Crippen molar-refractivity contribution in [1.82, 2.24) is 4.98 Å². The van der Waals surface area contributed by atoms with Gasteiger partial charge in [-0.05, 0) is 48.4 Å². The zero-order valence-electron chi connectivity index (χ0n) is 12.2. The Labute approximate surface area is 129 Å². The summed E-state index contributed by atoms with van der Waals surface area (Å²) >= 11 is 0. The Hall–Kier alpha value is -2.59. The van der Waals surface area contributed by atoms with E-state index in [0.717, 1.165) is 28.3 Å². The van der Waals surface area contributed by atoms with Gasteiger partial charge in [-0.1, -0.05) is 12.1 Å². The lowest BCUT2D eigenvalue weighted by Gasteiger charge is -2.05. The predicted molar refractivity (Wildman–Crippen MR) is 86.5 cm³/mol. The third-order valence-corrected chi connectivity index (χ3v) is 3.43. The highest BCUT2D eigenvalue weighted by Gasteiger charge is 2.04. The summed E-state index contributed by atoms with van der Waals surface area (Å²) in [6.07, 6.45) is 4.22. The number of aliphatic hydroxyl groups is 1. The molecule has 0 aliphatic rings. The summed E-state index contributed by atoms with van der Waals surface area (Å²) in [7, 11) is 0. The molecule has 112 valence electrons. The van der Waals surface area contributed by atoms with E-state index in [1.165, 1.54) is 0 Å². The van der Waals surface area contributed by atoms with Gasteiger partial charge in [-0.3, -0.25) is 4.98 Å². The van der Waals surface area contributed by atoms with Crippen LogP contribution >= 0.6 is 0 Å². The molecule has 22 heavy (non-hydrogen) atoms. The average Bonchev–Trinajstić information content (AvgIpc) is 3.04. The minimum absolute atomic E-state index is 0.177. The van der Waals surface area contributed by atoms with Crippen LogP contribution in [-0.2, 0) is 13.0 Å². The number of nitrogens with zero attached hydrogens (tertiary/aromatic N) is 1. The van der Waals surface area contributed by atoms with E-state index in [1.807, 2.05) is 48.5 Å². The van der Waals surface area contributed by atoms with E-state index in [0.29, 0.717) is 13.0 Å². The van der Waals surface area contributed by atoms with Gasteiger partial charge < -0.3 is 14.8 Å². The number of furan rings is 1. The maximum absolute atomic E-state index is 8.90. The van der Waals surface area contributed by atoms with Gasteiger partial charge >= 0.3 is 0 Å². The van der Waals surface area contributed by atoms with Crippen LogP contribution in [-0.4, -0.2) is 16.7 Å². The van der Waals surface area contributed by atoms with Crippen molar-refractivity contribution in [1.29, 1.82) is 0 Å². The molecule has 3 aromatic rings. The molecule has 2 heterocycles. The van der Waals surface area contributed by atoms with Crippen LogP contribution in [0.3, 0.4) is 0 Å². The monoisotopic (exact) mass is 294 g/mol. The molecule has 0 amide bonds. The second-order valence-electron chi connectivity index (χ2n) is 5.03. The predicted octanol–water partition coefficient (Wildman–Crippen LogP) is 3.49. The van der Waals surface area contributed by atoms with Crippen molar-refractivity contribution in [2.45, 2.75) is 13.0 Å². The topological polar surface area (TPSA) is 58.3 Å². The molecule has 0 unspecified atom stereocenters. The van der Waals surface area contributed by atoms with Gasteiger partial charge in [-0.15, -0.1) is 0 Å². The first-order chi connectivity index (χ1) is 10.8. The summed E-state index contributed by atoms with van der Waals surface area (Å²) in [5.41, 5.74) is 3.13. The van der Waals surface area contributed by atoms with Crippen molar-refractivity contribution in [2.24, 2.45) is 0 Å². The van der Waals surface area contributed by atoms with Crippen molar-refractivity contribution in [3.8, 4) is 11.3 Å². The van der Waals surface area contributed by atoms with Gasteiger partial charge in [0.15, 0.2) is 0 Å². The van der Waals surface area contributed by atoms with E-state index < -0.39 is 0 Å². The van der Waals surface area contributed by atoms with Crippen molar-refractivity contribution in [2.75, 3.05) is 11.9 Å². The van der Waals surface area contributed by atoms with Gasteiger partial charge in [0, 0.05) is 30.3 Å². The van der Waals surface area contributed by atoms with Crippen LogP contribution in [0.5, 0.6) is 0 Å². The molecule has 3 rings (SSSR count). The van der Waals surface area contributed by atoms with Crippen LogP contribution < -0.4 is 5.32 Å². The summed E-state index contributed by atoms with van der Waals surface area (Å²) in [5.74, 6) is 1.70. The van der Waals surface area contributed by atoms with Crippen molar-refractivity contribution >= 4 is 5.69 Å². The summed E-state index contributed by atoms with van der Waals surface area (Å²) in [4.78, 5) is 4.09. The number of benzene rings is 1. The molecule has 4 nitrogen and oxygen atoms in total. The van der Waals surface area contributed by atoms with Crippen LogP contribution in [0, 0.1) is 0 Å². The highest BCUT2D eigenvalue weighted by Crippen LogP contribution is 2.21. The van der Waals surface area contributed by atoms with Crippen molar-refractivity contribution < 1.29 is 9.52 Å². The van der Waals surface area contributed by atoms with Crippen LogP contribution in [0.2, 0.25) is 0 Å². The molecular formula is C18H18N2O2. The largest absolute Gasteiger partial charge is 0.459 e. The molecule has 2 aromatic heterocycles. The molecule has 0 spiro atoms. The smallest absolute Gasteiger partial charge is 0.135 e. The first-order valence-corrected chi connectivity index (χ1v) is 7.28. The molecule has 2 N–H and O–H groups in total. The Kier molecular flexibility index (Phi) is 4.51. The Balaban J connectivity index is 1.61. The highest BCUT2D eigenvalue weighted by molar-refractivity contribution is 5.56. The van der Waals surface area contributed by atoms with Crippen molar-refractivity contribution in [3.63, 3.8) is 0 Å². The number of rotatable bonds is 6. The maximum Gasteiger partial charge on any atom is 0.135 e. The molecule has 4 heteroatoms. The molecule has 0 fully saturated rings. The molecule has 1 aromatic carbocycles. The molecule has 0 aliphatic carbocycles. The number of aliphatic hydroxyl groups excluding tert-OH is 1. The van der Waals surface area contributed by atoms with Gasteiger partial charge in [-0.2, -0.15) is 0 Å². The third-order valence-electron chi connectivity index (χ3n) is 3.43. The summed E-state index contributed by atoms with van der Waals surface area (Å²) in [6, 6.07) is 15.8. The number of nitrogens with one attached hydrogen (secondary N) is 1. The highest BCUT2D eigenvalue weighted by atomic mass is 16.3. The number of hydrogen-bond acceptors (Lipinski definition) is 4. The second kappa shape index (κ2) is 6.91. The fourth-order valence-electron chi connectivity index (χ4n) is 2.24. The minimum atomic E-state index is 0.177. The average molecular weight is 294 g/mol. The van der Waals surface area contributed by atoms with Crippen LogP contribution in [0.15, 0.2) is 65.3 Å². The molecule has 0 saturated carbocycles. The fourth-order valence-corrected chi connectivity index (χ4v) is 2.24. The quantitative estimate of drug-likeness (QED) is 0.730. The van der Waals surface area contributed by atoms with Crippen molar-refractivity contribution in [3.05, 3.63) is 72.2 Å². The lowest BCUT2D eigenvalue weighted by Crippen LogP contribution is -1.98. The fraction of sp³-hybridized carbons (Fsp3) is 0.167. The first-order valence-electron chi connectivity index (χ1n) is 7.28. The molecule has 0 radical (unpaired) electrons. The van der Waals surface area contributed by atoms with E-state index in [9.17, 15) is 0 Å². The Morgan fingerprint density at radius 1 is 1.05 bits per heavy atom. The normalized spacial score (nSPS) is 10.6. The molecule has 0 atom stereocenters. The van der Waals surface area contributed by atoms with E-state index in [-0.39, 0.29) is 6.61 Å². The van der Waals surface area contributed by atoms with E-state index in [2.05, 4.69) is 10.3 Å². The van der Waals surface area contributed by atoms with Gasteiger partial charge in [0.25, 0.3) is 0 Å². The molecular weight excluding hydrogens is 276 g/mol. The lowest BCUT2D eigenvalue weighted by atomic mass is 10.1. The summed E-state index contributed by atoms with van der Waals surface area (Å²) < 4.78 is 5.82. The Bertz CT molecular complexity index is 705. The minimum Gasteiger partial charge on any atom is -0.459 e. The zero-order chi connectivity index (χ0) is 15.2. The van der Waals surface area contributed by atoms with Gasteiger partial charge in [-0.25, -0.2) is 0 Å². The second-order valence-corrected chi connectivity index (χ2v) is 5.03. The Morgan fingerprint density at radius 2 is 1.91 bits per heavy atom. The van der Waals surface area contributed by atoms with Crippen LogP contribution in [0.1, 0.15) is 11.3 Å². The van der Waals surface area contributed by atoms with Crippen LogP contribution in [0.25, 0.3) is 11.3 Å². The van der Waals surface area contributed by atoms with Crippen LogP contribution in [0.4, 0.5) is 5.69 Å². The lowest BCUT2D eigenvalue weighted by molar-refractivity contribution is 0.299. The van der Waals surface area contributed by atoms with Gasteiger partial charge in [0.1, 0.15) is 11.5 Å². The molecule has 0 bridgehead atoms. The molecule has 0 aliphatic heterocycles. The standard InChI is InChI=1S/C18H18N2O2/c21-11-9-14-3-5-16(6-4-14)20-13-17-7-8-18(22-17)15-2-1-10-19-12-15/h1-8,10,12,20-21H,9,11,13H2. The number of aromatic nitrogens is 1. The van der Waals surface area contributed by atoms with E-state index in [1.54, 1.807) is 12.4 Å². The zero-order valence-corrected chi connectivity index (χ0v) is 12.2. The van der Waals surface area contributed by atoms with E-state index >= 15 is 0 Å². The SMILES string of the molecule is OCCc1ccc(NCc2ccc(-c3cccnc3)o2)cc1. The first kappa shape index (κ1) is 14.4. The summed E-state index contributed by atoms with van der Waals surface area (Å²) in [5, 5.41) is 12.2. The molecule has 0 saturated heterocycles. The maximum atomic E-state index is 8.90. The number of pyridine rings is 1. The van der Waals surface area contributed by atoms with E-state index in [4.69, 9.17) is 9.52 Å². The number of anilines is 1. The van der Waals surface area contributed by atoms with Gasteiger partial charge in [0.2, 0.25) is 0 Å². The Morgan fingerprint density at radius 3 is 2.64 bits per heavy atom. The summed E-state index contributed by atoms with van der Waals surface area (Å²) in [6.45, 7) is 0.801. The number of hydrogen-bond donors (Lipinski definition) is 2. The van der Waals surface area contributed by atoms with Gasteiger partial charge in [0.05, 0.1) is 6.54 Å².